The molecule has 7 aromatic carbocycles. The quantitative estimate of drug-likeness (QED) is 0.171. The maximum atomic E-state index is 6.69. The van der Waals surface area contributed by atoms with Gasteiger partial charge in [0, 0.05) is 65.0 Å². The van der Waals surface area contributed by atoms with Gasteiger partial charge in [0.2, 0.25) is 0 Å². The summed E-state index contributed by atoms with van der Waals surface area (Å²) >= 11 is 1.84. The maximum Gasteiger partial charge on any atom is 0.160 e. The molecule has 0 aliphatic rings. The van der Waals surface area contributed by atoms with Gasteiger partial charge < -0.3 is 4.42 Å². The molecule has 0 amide bonds. The van der Waals surface area contributed by atoms with Gasteiger partial charge in [-0.2, -0.15) is 0 Å². The molecule has 4 heterocycles. The van der Waals surface area contributed by atoms with Crippen molar-refractivity contribution < 1.29 is 4.42 Å². The van der Waals surface area contributed by atoms with E-state index >= 15 is 0 Å². The lowest BCUT2D eigenvalue weighted by Crippen LogP contribution is -1.96. The lowest BCUT2D eigenvalue weighted by molar-refractivity contribution is 0.670. The van der Waals surface area contributed by atoms with Crippen molar-refractivity contribution in [2.24, 2.45) is 0 Å². The number of hydrogen-bond acceptors (Lipinski definition) is 5. The van der Waals surface area contributed by atoms with E-state index in [1.54, 1.807) is 0 Å². The second kappa shape index (κ2) is 13.3. The number of benzene rings is 7. The van der Waals surface area contributed by atoms with Crippen molar-refractivity contribution in [1.29, 1.82) is 0 Å². The number of para-hydroxylation sites is 1. The van der Waals surface area contributed by atoms with Crippen LogP contribution in [0.5, 0.6) is 0 Å². The molecular formula is C51H31N3OS. The summed E-state index contributed by atoms with van der Waals surface area (Å²) in [7, 11) is 0. The molecule has 4 aromatic heterocycles. The van der Waals surface area contributed by atoms with Crippen LogP contribution in [-0.2, 0) is 0 Å². The van der Waals surface area contributed by atoms with E-state index in [0.29, 0.717) is 5.82 Å². The number of furan rings is 1. The van der Waals surface area contributed by atoms with Crippen molar-refractivity contribution in [2.75, 3.05) is 0 Å². The first-order chi connectivity index (χ1) is 27.7. The van der Waals surface area contributed by atoms with E-state index in [9.17, 15) is 0 Å². The molecule has 0 N–H and O–H groups in total. The standard InChI is InChI=1S/C51H31N3OS/c1-2-10-33(11-3-1)44-31-45(54-51(53-44)36-23-21-34(22-24-36)43-14-8-9-29-52-43)35-19-17-32(18-20-35)39-28-27-38(49-42-13-4-6-15-46(42)55-50(39)49)37-25-26-41-40-12-5-7-16-47(40)56-48(41)30-37/h1-31H. The Morgan fingerprint density at radius 1 is 0.393 bits per heavy atom. The summed E-state index contributed by atoms with van der Waals surface area (Å²) in [5, 5.41) is 4.85. The zero-order chi connectivity index (χ0) is 37.0. The molecule has 0 aliphatic heterocycles. The van der Waals surface area contributed by atoms with Crippen LogP contribution < -0.4 is 0 Å². The molecule has 0 spiro atoms. The Bertz CT molecular complexity index is 3220. The highest BCUT2D eigenvalue weighted by Crippen LogP contribution is 2.44. The number of fused-ring (bicyclic) bond motifs is 6. The molecule has 0 bridgehead atoms. The lowest BCUT2D eigenvalue weighted by atomic mass is 9.94. The van der Waals surface area contributed by atoms with E-state index in [0.717, 1.165) is 72.4 Å². The minimum Gasteiger partial charge on any atom is -0.455 e. The monoisotopic (exact) mass is 733 g/mol. The molecule has 0 radical (unpaired) electrons. The highest BCUT2D eigenvalue weighted by Gasteiger charge is 2.19. The maximum absolute atomic E-state index is 6.69. The van der Waals surface area contributed by atoms with E-state index < -0.39 is 0 Å². The van der Waals surface area contributed by atoms with Crippen molar-refractivity contribution >= 4 is 53.4 Å². The van der Waals surface area contributed by atoms with Crippen molar-refractivity contribution in [1.82, 2.24) is 15.0 Å². The fourth-order valence-electron chi connectivity index (χ4n) is 7.81. The zero-order valence-corrected chi connectivity index (χ0v) is 30.9. The fraction of sp³-hybridized carbons (Fsp3) is 0. The van der Waals surface area contributed by atoms with E-state index in [-0.39, 0.29) is 0 Å². The van der Waals surface area contributed by atoms with Crippen molar-refractivity contribution in [3.63, 3.8) is 0 Å². The molecular weight excluding hydrogens is 703 g/mol. The fourth-order valence-corrected chi connectivity index (χ4v) is 8.96. The summed E-state index contributed by atoms with van der Waals surface area (Å²) in [5.41, 5.74) is 12.9. The van der Waals surface area contributed by atoms with Crippen LogP contribution >= 0.6 is 11.3 Å². The minimum absolute atomic E-state index is 0.673. The summed E-state index contributed by atoms with van der Waals surface area (Å²) in [4.78, 5) is 14.7. The Hall–Kier alpha value is -7.21. The Morgan fingerprint density at radius 2 is 1.00 bits per heavy atom. The van der Waals surface area contributed by atoms with Gasteiger partial charge in [0.1, 0.15) is 11.2 Å². The molecule has 0 aliphatic carbocycles. The third-order valence-electron chi connectivity index (χ3n) is 10.6. The topological polar surface area (TPSA) is 51.8 Å². The highest BCUT2D eigenvalue weighted by molar-refractivity contribution is 7.25. The zero-order valence-electron chi connectivity index (χ0n) is 30.1. The Morgan fingerprint density at radius 3 is 1.79 bits per heavy atom. The predicted molar refractivity (Wildman–Crippen MR) is 233 cm³/mol. The number of thiophene rings is 1. The van der Waals surface area contributed by atoms with E-state index in [2.05, 4.69) is 145 Å². The van der Waals surface area contributed by atoms with Crippen LogP contribution in [0, 0.1) is 0 Å². The molecule has 5 heteroatoms. The van der Waals surface area contributed by atoms with Crippen molar-refractivity contribution in [2.45, 2.75) is 0 Å². The molecule has 0 saturated carbocycles. The van der Waals surface area contributed by atoms with Crippen LogP contribution in [0.2, 0.25) is 0 Å². The predicted octanol–water partition coefficient (Wildman–Crippen LogP) is 14.1. The van der Waals surface area contributed by atoms with Crippen LogP contribution in [-0.4, -0.2) is 15.0 Å². The number of aromatic nitrogens is 3. The Labute approximate surface area is 327 Å². The molecule has 262 valence electrons. The summed E-state index contributed by atoms with van der Waals surface area (Å²) in [6, 6.07) is 63.6. The van der Waals surface area contributed by atoms with Gasteiger partial charge in [-0.15, -0.1) is 11.3 Å². The van der Waals surface area contributed by atoms with Crippen LogP contribution in [0.1, 0.15) is 0 Å². The number of nitrogens with zero attached hydrogens (tertiary/aromatic N) is 3. The van der Waals surface area contributed by atoms with Crippen molar-refractivity contribution in [3.8, 4) is 67.4 Å². The number of rotatable bonds is 6. The largest absolute Gasteiger partial charge is 0.455 e. The van der Waals surface area contributed by atoms with Gasteiger partial charge in [-0.25, -0.2) is 9.97 Å². The summed E-state index contributed by atoms with van der Waals surface area (Å²) < 4.78 is 9.29. The van der Waals surface area contributed by atoms with Gasteiger partial charge in [-0.3, -0.25) is 4.98 Å². The number of pyridine rings is 1. The van der Waals surface area contributed by atoms with Crippen LogP contribution in [0.3, 0.4) is 0 Å². The smallest absolute Gasteiger partial charge is 0.160 e. The first-order valence-corrected chi connectivity index (χ1v) is 19.5. The average molecular weight is 734 g/mol. The second-order valence-corrected chi connectivity index (χ2v) is 15.1. The first-order valence-electron chi connectivity index (χ1n) is 18.7. The van der Waals surface area contributed by atoms with Gasteiger partial charge in [0.15, 0.2) is 5.82 Å². The molecule has 4 nitrogen and oxygen atoms in total. The summed E-state index contributed by atoms with van der Waals surface area (Å²) in [6.45, 7) is 0. The molecule has 56 heavy (non-hydrogen) atoms. The highest BCUT2D eigenvalue weighted by atomic mass is 32.1. The Balaban J connectivity index is 0.998. The van der Waals surface area contributed by atoms with Crippen LogP contribution in [0.25, 0.3) is 110 Å². The van der Waals surface area contributed by atoms with E-state index in [1.807, 2.05) is 60.0 Å². The SMILES string of the molecule is c1ccc(-c2cc(-c3ccc(-c4ccc(-c5ccc6c(c5)sc5ccccc56)c5c4oc4ccccc45)cc3)nc(-c3ccc(-c4ccccn4)cc3)n2)cc1. The van der Waals surface area contributed by atoms with Gasteiger partial charge in [-0.05, 0) is 59.2 Å². The second-order valence-electron chi connectivity index (χ2n) is 14.0. The third-order valence-corrected chi connectivity index (χ3v) is 11.7. The lowest BCUT2D eigenvalue weighted by Gasteiger charge is -2.11. The van der Waals surface area contributed by atoms with Gasteiger partial charge >= 0.3 is 0 Å². The normalized spacial score (nSPS) is 11.6. The van der Waals surface area contributed by atoms with E-state index in [1.165, 1.54) is 31.3 Å². The molecule has 11 aromatic rings. The van der Waals surface area contributed by atoms with Crippen molar-refractivity contribution in [3.05, 3.63) is 188 Å². The van der Waals surface area contributed by atoms with Crippen LogP contribution in [0.15, 0.2) is 193 Å². The number of hydrogen-bond donors (Lipinski definition) is 0. The summed E-state index contributed by atoms with van der Waals surface area (Å²) in [5.74, 6) is 0.673. The molecule has 0 saturated heterocycles. The van der Waals surface area contributed by atoms with Gasteiger partial charge in [-0.1, -0.05) is 140 Å². The molecule has 0 atom stereocenters. The van der Waals surface area contributed by atoms with Gasteiger partial charge in [0.25, 0.3) is 0 Å². The average Bonchev–Trinajstić information content (AvgIpc) is 3.85. The third kappa shape index (κ3) is 5.56. The Kier molecular flexibility index (Phi) is 7.64. The van der Waals surface area contributed by atoms with E-state index in [4.69, 9.17) is 14.4 Å². The van der Waals surface area contributed by atoms with Crippen LogP contribution in [0.4, 0.5) is 0 Å². The first kappa shape index (κ1) is 32.2. The molecule has 0 unspecified atom stereocenters. The molecule has 11 rings (SSSR count). The minimum atomic E-state index is 0.673. The van der Waals surface area contributed by atoms with Gasteiger partial charge in [0.05, 0.1) is 17.1 Å². The molecule has 0 fully saturated rings. The summed E-state index contributed by atoms with van der Waals surface area (Å²) in [6.07, 6.45) is 1.81.